The van der Waals surface area contributed by atoms with E-state index in [4.69, 9.17) is 17.5 Å². The van der Waals surface area contributed by atoms with Gasteiger partial charge in [-0.3, -0.25) is 18.9 Å². The maximum Gasteiger partial charge on any atom is 0.394 e. The molecule has 1 aliphatic carbocycles. The van der Waals surface area contributed by atoms with Crippen molar-refractivity contribution in [1.29, 1.82) is 0 Å². The molecule has 1 heterocycles. The van der Waals surface area contributed by atoms with Gasteiger partial charge in [0.1, 0.15) is 5.71 Å². The normalized spacial score (nSPS) is 18.0. The average Bonchev–Trinajstić information content (AvgIpc) is 2.16. The molecule has 2 aliphatic rings. The van der Waals surface area contributed by atoms with Crippen molar-refractivity contribution >= 4 is 21.9 Å². The largest absolute Gasteiger partial charge is 0.394 e. The Morgan fingerprint density at radius 1 is 1.25 bits per heavy atom. The Morgan fingerprint density at radius 3 is 2.44 bits per heavy atom. The molecule has 0 atom stereocenters. The Kier molecular flexibility index (Phi) is 3.88. The number of hydrogen-bond donors (Lipinski definition) is 2. The van der Waals surface area contributed by atoms with Gasteiger partial charge in [0.05, 0.1) is 6.54 Å². The predicted molar refractivity (Wildman–Crippen MR) is 57.8 cm³/mol. The van der Waals surface area contributed by atoms with E-state index >= 15 is 0 Å². The minimum absolute atomic E-state index is 0.0202. The third-order valence-electron chi connectivity index (χ3n) is 1.68. The van der Waals surface area contributed by atoms with E-state index in [0.29, 0.717) is 12.3 Å². The SMILES string of the molecule is O=C1C=CC=C2C=CCN=C12.O=S(=O)(O)O. The fraction of sp³-hybridized carbons (Fsp3) is 0.111. The summed E-state index contributed by atoms with van der Waals surface area (Å²) in [7, 11) is -4.67. The molecule has 2 N–H and O–H groups in total. The van der Waals surface area contributed by atoms with Gasteiger partial charge in [-0.1, -0.05) is 24.3 Å². The van der Waals surface area contributed by atoms with Crippen molar-refractivity contribution in [3.8, 4) is 0 Å². The molecule has 0 aromatic heterocycles. The van der Waals surface area contributed by atoms with Crippen LogP contribution < -0.4 is 0 Å². The fourth-order valence-corrected chi connectivity index (χ4v) is 1.17. The maximum absolute atomic E-state index is 11.1. The lowest BCUT2D eigenvalue weighted by Gasteiger charge is -2.09. The topological polar surface area (TPSA) is 104 Å². The minimum atomic E-state index is -4.67. The molecule has 1 aliphatic heterocycles. The number of fused-ring (bicyclic) bond motifs is 1. The Balaban J connectivity index is 0.000000221. The first-order valence-corrected chi connectivity index (χ1v) is 5.61. The van der Waals surface area contributed by atoms with Gasteiger partial charge in [-0.25, -0.2) is 0 Å². The summed E-state index contributed by atoms with van der Waals surface area (Å²) in [5.41, 5.74) is 1.54. The van der Waals surface area contributed by atoms with Crippen molar-refractivity contribution in [3.63, 3.8) is 0 Å². The Hall–Kier alpha value is -1.57. The van der Waals surface area contributed by atoms with E-state index in [2.05, 4.69) is 4.99 Å². The first-order valence-electron chi connectivity index (χ1n) is 4.22. The van der Waals surface area contributed by atoms with Crippen LogP contribution in [0.3, 0.4) is 0 Å². The average molecular weight is 243 g/mol. The van der Waals surface area contributed by atoms with Gasteiger partial charge in [0.15, 0.2) is 0 Å². The van der Waals surface area contributed by atoms with Crippen molar-refractivity contribution in [2.24, 2.45) is 4.99 Å². The van der Waals surface area contributed by atoms with Crippen LogP contribution in [-0.2, 0) is 15.2 Å². The van der Waals surface area contributed by atoms with Crippen LogP contribution in [0.1, 0.15) is 0 Å². The van der Waals surface area contributed by atoms with Gasteiger partial charge in [-0.05, 0) is 6.08 Å². The van der Waals surface area contributed by atoms with E-state index in [1.807, 2.05) is 18.2 Å². The van der Waals surface area contributed by atoms with Crippen LogP contribution in [0, 0.1) is 0 Å². The molecule has 6 nitrogen and oxygen atoms in total. The molecular formula is C9H9NO5S. The lowest BCUT2D eigenvalue weighted by Crippen LogP contribution is -2.18. The van der Waals surface area contributed by atoms with Gasteiger partial charge < -0.3 is 0 Å². The molecule has 0 aromatic carbocycles. The molecule has 0 bridgehead atoms. The number of ketones is 1. The van der Waals surface area contributed by atoms with Crippen molar-refractivity contribution in [3.05, 3.63) is 36.0 Å². The predicted octanol–water partition coefficient (Wildman–Crippen LogP) is 0.410. The number of dihydropyridines is 1. The fourth-order valence-electron chi connectivity index (χ4n) is 1.17. The van der Waals surface area contributed by atoms with Crippen LogP contribution in [0.15, 0.2) is 40.9 Å². The van der Waals surface area contributed by atoms with E-state index in [9.17, 15) is 4.79 Å². The first-order chi connectivity index (χ1) is 7.38. The molecule has 0 unspecified atom stereocenters. The minimum Gasteiger partial charge on any atom is -0.288 e. The Labute approximate surface area is 92.3 Å². The highest BCUT2D eigenvalue weighted by Crippen LogP contribution is 2.11. The van der Waals surface area contributed by atoms with Gasteiger partial charge in [0, 0.05) is 5.57 Å². The van der Waals surface area contributed by atoms with Crippen LogP contribution >= 0.6 is 0 Å². The number of aliphatic imine (C=N–C) groups is 1. The van der Waals surface area contributed by atoms with E-state index in [1.54, 1.807) is 12.2 Å². The maximum atomic E-state index is 11.1. The van der Waals surface area contributed by atoms with E-state index in [1.165, 1.54) is 0 Å². The highest BCUT2D eigenvalue weighted by Gasteiger charge is 2.15. The molecule has 0 fully saturated rings. The highest BCUT2D eigenvalue weighted by molar-refractivity contribution is 7.79. The molecule has 2 rings (SSSR count). The molecule has 7 heteroatoms. The number of rotatable bonds is 0. The van der Waals surface area contributed by atoms with Gasteiger partial charge in [0.25, 0.3) is 0 Å². The van der Waals surface area contributed by atoms with Crippen LogP contribution in [-0.4, -0.2) is 35.6 Å². The van der Waals surface area contributed by atoms with Gasteiger partial charge in [0.2, 0.25) is 5.78 Å². The second kappa shape index (κ2) is 4.97. The molecule has 16 heavy (non-hydrogen) atoms. The first kappa shape index (κ1) is 12.5. The summed E-state index contributed by atoms with van der Waals surface area (Å²) < 4.78 is 31.6. The summed E-state index contributed by atoms with van der Waals surface area (Å²) in [6.45, 7) is 0.631. The standard InChI is InChI=1S/C9H7NO.H2O4S/c11-8-5-1-3-7-4-2-6-10-9(7)8;1-5(2,3)4/h1-5H,6H2;(H2,1,2,3,4). The van der Waals surface area contributed by atoms with E-state index < -0.39 is 10.4 Å². The van der Waals surface area contributed by atoms with Crippen LogP contribution in [0.5, 0.6) is 0 Å². The number of carbonyl (C=O) groups is 1. The van der Waals surface area contributed by atoms with Crippen LogP contribution in [0.4, 0.5) is 0 Å². The number of hydrogen-bond acceptors (Lipinski definition) is 4. The molecule has 86 valence electrons. The number of nitrogens with zero attached hydrogens (tertiary/aromatic N) is 1. The third-order valence-corrected chi connectivity index (χ3v) is 1.68. The van der Waals surface area contributed by atoms with Crippen molar-refractivity contribution in [2.75, 3.05) is 6.54 Å². The van der Waals surface area contributed by atoms with Gasteiger partial charge in [-0.15, -0.1) is 0 Å². The summed E-state index contributed by atoms with van der Waals surface area (Å²) >= 11 is 0. The molecule has 0 saturated heterocycles. The smallest absolute Gasteiger partial charge is 0.288 e. The Morgan fingerprint density at radius 2 is 1.88 bits per heavy atom. The summed E-state index contributed by atoms with van der Waals surface area (Å²) in [4.78, 5) is 15.2. The molecular weight excluding hydrogens is 234 g/mol. The van der Waals surface area contributed by atoms with Crippen molar-refractivity contribution in [2.45, 2.75) is 0 Å². The van der Waals surface area contributed by atoms with Gasteiger partial charge in [-0.2, -0.15) is 8.42 Å². The van der Waals surface area contributed by atoms with E-state index in [0.717, 1.165) is 5.57 Å². The van der Waals surface area contributed by atoms with Crippen LogP contribution in [0.25, 0.3) is 0 Å². The number of carbonyl (C=O) groups excluding carboxylic acids is 1. The number of allylic oxidation sites excluding steroid dienone is 5. The Bertz CT molecular complexity index is 502. The molecule has 0 radical (unpaired) electrons. The molecule has 0 amide bonds. The lowest BCUT2D eigenvalue weighted by atomic mass is 9.99. The monoisotopic (exact) mass is 243 g/mol. The van der Waals surface area contributed by atoms with Crippen molar-refractivity contribution in [1.82, 2.24) is 0 Å². The summed E-state index contributed by atoms with van der Waals surface area (Å²) in [5, 5.41) is 0. The second-order valence-corrected chi connectivity index (χ2v) is 3.78. The molecule has 0 spiro atoms. The third kappa shape index (κ3) is 4.30. The van der Waals surface area contributed by atoms with Gasteiger partial charge >= 0.3 is 10.4 Å². The van der Waals surface area contributed by atoms with E-state index in [-0.39, 0.29) is 5.78 Å². The quantitative estimate of drug-likeness (QED) is 0.473. The molecule has 0 aromatic rings. The van der Waals surface area contributed by atoms with Crippen molar-refractivity contribution < 1.29 is 22.3 Å². The zero-order valence-electron chi connectivity index (χ0n) is 8.07. The summed E-state index contributed by atoms with van der Waals surface area (Å²) in [6.07, 6.45) is 9.08. The lowest BCUT2D eigenvalue weighted by molar-refractivity contribution is -0.108. The highest BCUT2D eigenvalue weighted by atomic mass is 32.3. The zero-order valence-corrected chi connectivity index (χ0v) is 8.88. The molecule has 0 saturated carbocycles. The second-order valence-electron chi connectivity index (χ2n) is 2.88. The summed E-state index contributed by atoms with van der Waals surface area (Å²) in [6, 6.07) is 0. The summed E-state index contributed by atoms with van der Waals surface area (Å²) in [5.74, 6) is 0.0202. The zero-order chi connectivity index (χ0) is 12.2. The van der Waals surface area contributed by atoms with Crippen LogP contribution in [0.2, 0.25) is 0 Å².